The van der Waals surface area contributed by atoms with Crippen LogP contribution in [0.25, 0.3) is 0 Å². The normalized spacial score (nSPS) is 20.4. The van der Waals surface area contributed by atoms with Crippen LogP contribution in [0.4, 0.5) is 0 Å². The summed E-state index contributed by atoms with van der Waals surface area (Å²) in [4.78, 5) is 14.8. The van der Waals surface area contributed by atoms with Gasteiger partial charge in [-0.2, -0.15) is 0 Å². The Labute approximate surface area is 80.7 Å². The molecule has 1 aliphatic heterocycles. The summed E-state index contributed by atoms with van der Waals surface area (Å²) in [5.41, 5.74) is 0. The maximum atomic E-state index is 9.95. The van der Waals surface area contributed by atoms with Crippen molar-refractivity contribution < 1.29 is 4.79 Å². The number of piperazine rings is 1. The van der Waals surface area contributed by atoms with Crippen LogP contribution in [-0.4, -0.2) is 55.9 Å². The highest BCUT2D eigenvalue weighted by atomic mass is 16.1. The molecule has 0 aromatic heterocycles. The standard InChI is InChI=1S/C10H19N2O/c1-11-6-8-12(9-7-11)5-3-2-4-10-13/h2-9H2,1H3. The first-order valence-corrected chi connectivity index (χ1v) is 5.09. The second-order valence-corrected chi connectivity index (χ2v) is 3.75. The molecule has 0 amide bonds. The molecule has 3 heteroatoms. The summed E-state index contributed by atoms with van der Waals surface area (Å²) in [7, 11) is 2.17. The Balaban J connectivity index is 1.99. The number of rotatable bonds is 5. The van der Waals surface area contributed by atoms with Crippen molar-refractivity contribution in [1.29, 1.82) is 0 Å². The predicted molar refractivity (Wildman–Crippen MR) is 53.5 cm³/mol. The van der Waals surface area contributed by atoms with Crippen molar-refractivity contribution in [1.82, 2.24) is 9.80 Å². The van der Waals surface area contributed by atoms with Gasteiger partial charge in [-0.25, -0.2) is 0 Å². The van der Waals surface area contributed by atoms with Gasteiger partial charge >= 0.3 is 0 Å². The second-order valence-electron chi connectivity index (χ2n) is 3.75. The molecule has 0 saturated carbocycles. The van der Waals surface area contributed by atoms with E-state index >= 15 is 0 Å². The van der Waals surface area contributed by atoms with Crippen molar-refractivity contribution in [3.8, 4) is 0 Å². The van der Waals surface area contributed by atoms with Gasteiger partial charge in [-0.1, -0.05) is 0 Å². The van der Waals surface area contributed by atoms with Gasteiger partial charge < -0.3 is 9.80 Å². The van der Waals surface area contributed by atoms with E-state index in [1.165, 1.54) is 26.2 Å². The Morgan fingerprint density at radius 2 is 1.85 bits per heavy atom. The van der Waals surface area contributed by atoms with Gasteiger partial charge in [0.25, 0.3) is 0 Å². The fourth-order valence-corrected chi connectivity index (χ4v) is 1.60. The van der Waals surface area contributed by atoms with Gasteiger partial charge in [0.05, 0.1) is 0 Å². The van der Waals surface area contributed by atoms with Gasteiger partial charge in [0.2, 0.25) is 0 Å². The average molecular weight is 183 g/mol. The predicted octanol–water partition coefficient (Wildman–Crippen LogP) is 0.514. The quantitative estimate of drug-likeness (QED) is 0.580. The van der Waals surface area contributed by atoms with Crippen LogP contribution in [0.3, 0.4) is 0 Å². The lowest BCUT2D eigenvalue weighted by molar-refractivity contribution is 0.152. The van der Waals surface area contributed by atoms with Gasteiger partial charge in [-0.05, 0) is 26.4 Å². The first kappa shape index (κ1) is 10.7. The molecule has 0 atom stereocenters. The van der Waals surface area contributed by atoms with E-state index in [0.29, 0.717) is 6.42 Å². The summed E-state index contributed by atoms with van der Waals surface area (Å²) in [6, 6.07) is 0. The van der Waals surface area contributed by atoms with Crippen LogP contribution < -0.4 is 0 Å². The van der Waals surface area contributed by atoms with Crippen LogP contribution in [0.1, 0.15) is 19.3 Å². The molecular formula is C10H19N2O. The molecule has 0 aliphatic carbocycles. The van der Waals surface area contributed by atoms with Crippen LogP contribution in [0.5, 0.6) is 0 Å². The lowest BCUT2D eigenvalue weighted by Gasteiger charge is -2.32. The minimum atomic E-state index is 0.605. The molecular weight excluding hydrogens is 164 g/mol. The molecule has 3 nitrogen and oxygen atoms in total. The van der Waals surface area contributed by atoms with Crippen LogP contribution >= 0.6 is 0 Å². The monoisotopic (exact) mass is 183 g/mol. The molecule has 0 spiro atoms. The van der Waals surface area contributed by atoms with E-state index < -0.39 is 0 Å². The van der Waals surface area contributed by atoms with Crippen molar-refractivity contribution in [3.05, 3.63) is 0 Å². The second kappa shape index (κ2) is 6.11. The third-order valence-electron chi connectivity index (χ3n) is 2.60. The Kier molecular flexibility index (Phi) is 5.01. The van der Waals surface area contributed by atoms with E-state index in [4.69, 9.17) is 0 Å². The molecule has 1 rings (SSSR count). The van der Waals surface area contributed by atoms with Crippen LogP contribution in [0.2, 0.25) is 0 Å². The zero-order chi connectivity index (χ0) is 9.52. The number of likely N-dealkylation sites (N-methyl/N-ethyl adjacent to an activating group) is 1. The van der Waals surface area contributed by atoms with Crippen molar-refractivity contribution in [2.24, 2.45) is 0 Å². The molecule has 0 aromatic carbocycles. The molecule has 1 saturated heterocycles. The first-order valence-electron chi connectivity index (χ1n) is 5.09. The van der Waals surface area contributed by atoms with Gasteiger partial charge in [-0.3, -0.25) is 4.79 Å². The summed E-state index contributed by atoms with van der Waals surface area (Å²) < 4.78 is 0. The summed E-state index contributed by atoms with van der Waals surface area (Å²) in [6.07, 6.45) is 4.67. The summed E-state index contributed by atoms with van der Waals surface area (Å²) in [5, 5.41) is 0. The molecule has 1 aliphatic rings. The zero-order valence-corrected chi connectivity index (χ0v) is 8.46. The van der Waals surface area contributed by atoms with E-state index in [9.17, 15) is 4.79 Å². The van der Waals surface area contributed by atoms with E-state index in [1.807, 2.05) is 6.29 Å². The van der Waals surface area contributed by atoms with E-state index in [0.717, 1.165) is 19.4 Å². The highest BCUT2D eigenvalue weighted by molar-refractivity contribution is 5.50. The lowest BCUT2D eigenvalue weighted by Crippen LogP contribution is -2.44. The highest BCUT2D eigenvalue weighted by Gasteiger charge is 2.12. The third kappa shape index (κ3) is 4.39. The van der Waals surface area contributed by atoms with Crippen molar-refractivity contribution >= 4 is 6.29 Å². The van der Waals surface area contributed by atoms with E-state index in [2.05, 4.69) is 16.8 Å². The van der Waals surface area contributed by atoms with Gasteiger partial charge in [0, 0.05) is 32.6 Å². The number of nitrogens with zero attached hydrogens (tertiary/aromatic N) is 2. The Morgan fingerprint density at radius 1 is 1.15 bits per heavy atom. The largest absolute Gasteiger partial charge is 0.304 e. The minimum Gasteiger partial charge on any atom is -0.304 e. The molecule has 0 aromatic rings. The smallest absolute Gasteiger partial charge is 0.198 e. The van der Waals surface area contributed by atoms with Gasteiger partial charge in [-0.15, -0.1) is 0 Å². The molecule has 1 radical (unpaired) electrons. The maximum Gasteiger partial charge on any atom is 0.198 e. The Hall–Kier alpha value is -0.410. The average Bonchev–Trinajstić information content (AvgIpc) is 2.15. The molecule has 75 valence electrons. The first-order chi connectivity index (χ1) is 6.33. The molecule has 0 unspecified atom stereocenters. The number of hydrogen-bond donors (Lipinski definition) is 0. The summed E-state index contributed by atoms with van der Waals surface area (Å²) in [6.45, 7) is 5.87. The van der Waals surface area contributed by atoms with Crippen LogP contribution in [-0.2, 0) is 4.79 Å². The fourth-order valence-electron chi connectivity index (χ4n) is 1.60. The lowest BCUT2D eigenvalue weighted by atomic mass is 10.2. The van der Waals surface area contributed by atoms with Crippen molar-refractivity contribution in [3.63, 3.8) is 0 Å². The number of carbonyl (C=O) groups excluding carboxylic acids is 1. The van der Waals surface area contributed by atoms with Gasteiger partial charge in [0.1, 0.15) is 0 Å². The Bertz CT molecular complexity index is 142. The van der Waals surface area contributed by atoms with Crippen molar-refractivity contribution in [2.45, 2.75) is 19.3 Å². The molecule has 13 heavy (non-hydrogen) atoms. The van der Waals surface area contributed by atoms with E-state index in [1.54, 1.807) is 0 Å². The molecule has 1 fully saturated rings. The number of hydrogen-bond acceptors (Lipinski definition) is 3. The summed E-state index contributed by atoms with van der Waals surface area (Å²) in [5.74, 6) is 0. The SMILES string of the molecule is CN1CCN(CCCC[C]=O)CC1. The van der Waals surface area contributed by atoms with Crippen LogP contribution in [0.15, 0.2) is 0 Å². The van der Waals surface area contributed by atoms with E-state index in [-0.39, 0.29) is 0 Å². The molecule has 0 N–H and O–H groups in total. The van der Waals surface area contributed by atoms with Gasteiger partial charge in [0.15, 0.2) is 6.29 Å². The van der Waals surface area contributed by atoms with Crippen molar-refractivity contribution in [2.75, 3.05) is 39.8 Å². The highest BCUT2D eigenvalue weighted by Crippen LogP contribution is 2.02. The maximum absolute atomic E-state index is 9.95. The molecule has 1 heterocycles. The zero-order valence-electron chi connectivity index (χ0n) is 8.46. The minimum absolute atomic E-state index is 0.605. The Morgan fingerprint density at radius 3 is 2.46 bits per heavy atom. The molecule has 0 bridgehead atoms. The summed E-state index contributed by atoms with van der Waals surface area (Å²) >= 11 is 0. The number of unbranched alkanes of at least 4 members (excludes halogenated alkanes) is 2. The third-order valence-corrected chi connectivity index (χ3v) is 2.60. The fraction of sp³-hybridized carbons (Fsp3) is 0.900. The topological polar surface area (TPSA) is 23.6 Å². The van der Waals surface area contributed by atoms with Crippen LogP contribution in [0, 0.1) is 0 Å².